The maximum atomic E-state index is 11.9. The van der Waals surface area contributed by atoms with Crippen molar-refractivity contribution in [3.05, 3.63) is 19.2 Å². The Balaban J connectivity index is 2.67. The lowest BCUT2D eigenvalue weighted by atomic mass is 10.4. The zero-order chi connectivity index (χ0) is 11.4. The van der Waals surface area contributed by atoms with Crippen LogP contribution in [0, 0.1) is 0 Å². The summed E-state index contributed by atoms with van der Waals surface area (Å²) in [7, 11) is 1.83. The van der Waals surface area contributed by atoms with E-state index in [1.54, 1.807) is 4.90 Å². The molecule has 0 atom stereocenters. The lowest BCUT2D eigenvalue weighted by molar-refractivity contribution is 0.0800. The van der Waals surface area contributed by atoms with Crippen LogP contribution in [0.25, 0.3) is 0 Å². The average molecular weight is 420 g/mol. The molecule has 0 bridgehead atoms. The number of thiophene rings is 1. The Bertz CT molecular complexity index is 334. The number of halogens is 3. The molecule has 0 fully saturated rings. The van der Waals surface area contributed by atoms with Crippen LogP contribution in [0.15, 0.2) is 14.3 Å². The third-order valence-corrected chi connectivity index (χ3v) is 5.63. The highest BCUT2D eigenvalue weighted by Crippen LogP contribution is 2.32. The van der Waals surface area contributed by atoms with E-state index in [1.807, 2.05) is 13.1 Å². The van der Waals surface area contributed by atoms with Gasteiger partial charge in [-0.25, -0.2) is 0 Å². The molecule has 15 heavy (non-hydrogen) atoms. The highest BCUT2D eigenvalue weighted by atomic mass is 79.9. The van der Waals surface area contributed by atoms with Crippen molar-refractivity contribution in [3.8, 4) is 0 Å². The molecule has 0 aliphatic rings. The van der Waals surface area contributed by atoms with Crippen LogP contribution in [-0.2, 0) is 0 Å². The molecule has 0 aromatic carbocycles. The van der Waals surface area contributed by atoms with Gasteiger partial charge >= 0.3 is 0 Å². The first-order chi connectivity index (χ1) is 7.06. The Kier molecular flexibility index (Phi) is 5.81. The maximum Gasteiger partial charge on any atom is 0.263 e. The van der Waals surface area contributed by atoms with Gasteiger partial charge in [-0.3, -0.25) is 4.79 Å². The fraction of sp³-hybridized carbons (Fsp3) is 0.444. The number of hydrogen-bond donors (Lipinski definition) is 0. The minimum atomic E-state index is 0.0763. The Morgan fingerprint density at radius 1 is 1.53 bits per heavy atom. The molecule has 0 unspecified atom stereocenters. The number of amides is 1. The summed E-state index contributed by atoms with van der Waals surface area (Å²) in [4.78, 5) is 14.4. The number of alkyl halides is 1. The fourth-order valence-corrected chi connectivity index (χ4v) is 3.32. The molecular formula is C9H10Br3NOS. The molecule has 2 nitrogen and oxygen atoms in total. The molecule has 6 heteroatoms. The summed E-state index contributed by atoms with van der Waals surface area (Å²) in [6.45, 7) is 0.775. The zero-order valence-corrected chi connectivity index (χ0v) is 13.7. The van der Waals surface area contributed by atoms with E-state index in [4.69, 9.17) is 0 Å². The van der Waals surface area contributed by atoms with Gasteiger partial charge in [0.15, 0.2) is 0 Å². The van der Waals surface area contributed by atoms with E-state index >= 15 is 0 Å². The first kappa shape index (κ1) is 13.7. The first-order valence-electron chi connectivity index (χ1n) is 4.32. The van der Waals surface area contributed by atoms with Crippen molar-refractivity contribution >= 4 is 65.0 Å². The van der Waals surface area contributed by atoms with Crippen LogP contribution in [0.2, 0.25) is 0 Å². The molecule has 1 aromatic heterocycles. The van der Waals surface area contributed by atoms with Crippen molar-refractivity contribution in [2.24, 2.45) is 0 Å². The minimum Gasteiger partial charge on any atom is -0.341 e. The largest absolute Gasteiger partial charge is 0.341 e. The molecule has 1 rings (SSSR count). The van der Waals surface area contributed by atoms with Gasteiger partial charge in [0.05, 0.1) is 8.66 Å². The van der Waals surface area contributed by atoms with Crippen molar-refractivity contribution in [3.63, 3.8) is 0 Å². The summed E-state index contributed by atoms with van der Waals surface area (Å²) >= 11 is 11.6. The van der Waals surface area contributed by atoms with Gasteiger partial charge in [0, 0.05) is 23.4 Å². The van der Waals surface area contributed by atoms with Crippen LogP contribution in [0.5, 0.6) is 0 Å². The summed E-state index contributed by atoms with van der Waals surface area (Å²) in [5.74, 6) is 0.0763. The van der Waals surface area contributed by atoms with Crippen LogP contribution in [0.4, 0.5) is 0 Å². The SMILES string of the molecule is CN(CCCBr)C(=O)c1cc(Br)c(Br)s1. The number of rotatable bonds is 4. The molecule has 84 valence electrons. The van der Waals surface area contributed by atoms with Gasteiger partial charge in [-0.1, -0.05) is 15.9 Å². The Hall–Kier alpha value is 0.610. The number of hydrogen-bond acceptors (Lipinski definition) is 2. The molecule has 0 radical (unpaired) electrons. The summed E-state index contributed by atoms with van der Waals surface area (Å²) in [5.41, 5.74) is 0. The molecule has 0 saturated heterocycles. The number of carbonyl (C=O) groups excluding carboxylic acids is 1. The highest BCUT2D eigenvalue weighted by molar-refractivity contribution is 9.13. The molecule has 1 amide bonds. The monoisotopic (exact) mass is 417 g/mol. The molecule has 0 aliphatic carbocycles. The van der Waals surface area contributed by atoms with E-state index in [9.17, 15) is 4.79 Å². The van der Waals surface area contributed by atoms with E-state index in [1.165, 1.54) is 11.3 Å². The normalized spacial score (nSPS) is 10.4. The van der Waals surface area contributed by atoms with E-state index in [0.717, 1.165) is 31.4 Å². The fourth-order valence-electron chi connectivity index (χ4n) is 1.04. The Morgan fingerprint density at radius 2 is 2.20 bits per heavy atom. The molecule has 1 aromatic rings. The standard InChI is InChI=1S/C9H10Br3NOS/c1-13(4-2-3-10)9(14)7-5-6(11)8(12)15-7/h5H,2-4H2,1H3. The zero-order valence-electron chi connectivity index (χ0n) is 8.10. The molecule has 0 N–H and O–H groups in total. The van der Waals surface area contributed by atoms with Gasteiger partial charge in [-0.15, -0.1) is 11.3 Å². The van der Waals surface area contributed by atoms with Crippen LogP contribution >= 0.6 is 59.1 Å². The summed E-state index contributed by atoms with van der Waals surface area (Å²) in [5, 5.41) is 0.919. The number of nitrogens with zero attached hydrogens (tertiary/aromatic N) is 1. The quantitative estimate of drug-likeness (QED) is 0.672. The van der Waals surface area contributed by atoms with E-state index < -0.39 is 0 Å². The maximum absolute atomic E-state index is 11.9. The predicted octanol–water partition coefficient (Wildman–Crippen LogP) is 4.13. The molecule has 1 heterocycles. The Labute approximate surface area is 118 Å². The molecule has 0 aliphatic heterocycles. The molecule has 0 saturated carbocycles. The van der Waals surface area contributed by atoms with Crippen molar-refractivity contribution < 1.29 is 4.79 Å². The van der Waals surface area contributed by atoms with Crippen molar-refractivity contribution in [2.45, 2.75) is 6.42 Å². The van der Waals surface area contributed by atoms with Gasteiger partial charge in [0.25, 0.3) is 5.91 Å². The van der Waals surface area contributed by atoms with Crippen molar-refractivity contribution in [1.82, 2.24) is 4.90 Å². The van der Waals surface area contributed by atoms with Gasteiger partial charge in [0.2, 0.25) is 0 Å². The Morgan fingerprint density at radius 3 is 2.67 bits per heavy atom. The second-order valence-electron chi connectivity index (χ2n) is 3.00. The number of carbonyl (C=O) groups is 1. The van der Waals surface area contributed by atoms with Gasteiger partial charge in [-0.05, 0) is 44.3 Å². The minimum absolute atomic E-state index is 0.0763. The second kappa shape index (κ2) is 6.37. The van der Waals surface area contributed by atoms with Crippen molar-refractivity contribution in [1.29, 1.82) is 0 Å². The van der Waals surface area contributed by atoms with Crippen LogP contribution < -0.4 is 0 Å². The van der Waals surface area contributed by atoms with E-state index in [-0.39, 0.29) is 5.91 Å². The van der Waals surface area contributed by atoms with Crippen molar-refractivity contribution in [2.75, 3.05) is 18.9 Å². The van der Waals surface area contributed by atoms with E-state index in [2.05, 4.69) is 47.8 Å². The molecular weight excluding hydrogens is 410 g/mol. The lowest BCUT2D eigenvalue weighted by Gasteiger charge is -2.14. The van der Waals surface area contributed by atoms with Gasteiger partial charge in [-0.2, -0.15) is 0 Å². The first-order valence-corrected chi connectivity index (χ1v) is 7.85. The topological polar surface area (TPSA) is 20.3 Å². The van der Waals surface area contributed by atoms with Crippen LogP contribution in [0.1, 0.15) is 16.1 Å². The van der Waals surface area contributed by atoms with Gasteiger partial charge in [0.1, 0.15) is 0 Å². The third kappa shape index (κ3) is 3.84. The van der Waals surface area contributed by atoms with Crippen LogP contribution in [0.3, 0.4) is 0 Å². The summed E-state index contributed by atoms with van der Waals surface area (Å²) in [6, 6.07) is 1.85. The highest BCUT2D eigenvalue weighted by Gasteiger charge is 2.15. The van der Waals surface area contributed by atoms with Crippen LogP contribution in [-0.4, -0.2) is 29.7 Å². The average Bonchev–Trinajstić information content (AvgIpc) is 2.54. The predicted molar refractivity (Wildman–Crippen MR) is 75.1 cm³/mol. The lowest BCUT2D eigenvalue weighted by Crippen LogP contribution is -2.27. The molecule has 0 spiro atoms. The van der Waals surface area contributed by atoms with E-state index in [0.29, 0.717) is 0 Å². The van der Waals surface area contributed by atoms with Gasteiger partial charge < -0.3 is 4.90 Å². The second-order valence-corrected chi connectivity index (χ2v) is 7.02. The smallest absolute Gasteiger partial charge is 0.263 e. The third-order valence-electron chi connectivity index (χ3n) is 1.83. The summed E-state index contributed by atoms with van der Waals surface area (Å²) < 4.78 is 1.89. The summed E-state index contributed by atoms with van der Waals surface area (Å²) in [6.07, 6.45) is 0.968.